The summed E-state index contributed by atoms with van der Waals surface area (Å²) < 4.78 is 0. The summed E-state index contributed by atoms with van der Waals surface area (Å²) in [6.45, 7) is 8.46. The fourth-order valence-corrected chi connectivity index (χ4v) is 3.53. The fourth-order valence-electron chi connectivity index (χ4n) is 3.53. The summed E-state index contributed by atoms with van der Waals surface area (Å²) in [6.07, 6.45) is 1.15. The van der Waals surface area contributed by atoms with Gasteiger partial charge < -0.3 is 15.1 Å². The number of benzene rings is 1. The minimum atomic E-state index is -0.280. The maximum atomic E-state index is 10.1. The molecule has 0 amide bonds. The van der Waals surface area contributed by atoms with Crippen LogP contribution >= 0.6 is 0 Å². The third-order valence-corrected chi connectivity index (χ3v) is 3.80. The van der Waals surface area contributed by atoms with Crippen molar-refractivity contribution in [2.75, 3.05) is 4.90 Å². The molecule has 100 valence electrons. The van der Waals surface area contributed by atoms with Crippen molar-refractivity contribution in [3.8, 4) is 5.75 Å². The normalized spacial score (nSPS) is 23.1. The quantitative estimate of drug-likeness (QED) is 0.804. The Kier molecular flexibility index (Phi) is 3.06. The van der Waals surface area contributed by atoms with Crippen LogP contribution in [0, 0.1) is 0 Å². The van der Waals surface area contributed by atoms with E-state index in [1.807, 2.05) is 18.2 Å². The summed E-state index contributed by atoms with van der Waals surface area (Å²) in [7, 11) is 0. The molecule has 1 aromatic rings. The molecule has 0 saturated carbocycles. The van der Waals surface area contributed by atoms with Gasteiger partial charge in [-0.15, -0.1) is 0 Å². The third kappa shape index (κ3) is 2.19. The van der Waals surface area contributed by atoms with Crippen LogP contribution in [0.1, 0.15) is 40.5 Å². The summed E-state index contributed by atoms with van der Waals surface area (Å²) in [5.74, 6) is 0.301. The van der Waals surface area contributed by atoms with Crippen LogP contribution in [0.25, 0.3) is 0 Å². The molecule has 0 atom stereocenters. The molecule has 1 aromatic carbocycles. The number of para-hydroxylation sites is 2. The highest BCUT2D eigenvalue weighted by Crippen LogP contribution is 2.44. The highest BCUT2D eigenvalue weighted by atomic mass is 16.3. The first-order valence-corrected chi connectivity index (χ1v) is 6.50. The maximum absolute atomic E-state index is 10.1. The molecule has 18 heavy (non-hydrogen) atoms. The molecule has 0 aliphatic carbocycles. The molecule has 1 aliphatic rings. The predicted octanol–water partition coefficient (Wildman–Crippen LogP) is 2.91. The van der Waals surface area contributed by atoms with Crippen molar-refractivity contribution in [1.29, 1.82) is 0 Å². The van der Waals surface area contributed by atoms with E-state index in [4.69, 9.17) is 0 Å². The SMILES string of the molecule is CC1(C)CC(O)CC(C)(C)N1c1ccccc1O. The van der Waals surface area contributed by atoms with Crippen LogP contribution in [-0.2, 0) is 0 Å². The van der Waals surface area contributed by atoms with Crippen LogP contribution in [0.15, 0.2) is 24.3 Å². The van der Waals surface area contributed by atoms with Crippen molar-refractivity contribution >= 4 is 5.69 Å². The molecule has 3 nitrogen and oxygen atoms in total. The Bertz CT molecular complexity index is 422. The van der Waals surface area contributed by atoms with Crippen LogP contribution in [-0.4, -0.2) is 27.4 Å². The topological polar surface area (TPSA) is 43.7 Å². The lowest BCUT2D eigenvalue weighted by atomic mass is 9.77. The van der Waals surface area contributed by atoms with E-state index in [-0.39, 0.29) is 17.2 Å². The van der Waals surface area contributed by atoms with Crippen molar-refractivity contribution in [2.24, 2.45) is 0 Å². The summed E-state index contributed by atoms with van der Waals surface area (Å²) in [4.78, 5) is 2.24. The van der Waals surface area contributed by atoms with E-state index >= 15 is 0 Å². The third-order valence-electron chi connectivity index (χ3n) is 3.80. The molecule has 1 heterocycles. The Morgan fingerprint density at radius 2 is 1.56 bits per heavy atom. The summed E-state index contributed by atoms with van der Waals surface area (Å²) >= 11 is 0. The maximum Gasteiger partial charge on any atom is 0.138 e. The second kappa shape index (κ2) is 4.16. The Morgan fingerprint density at radius 3 is 2.06 bits per heavy atom. The number of nitrogens with zero attached hydrogens (tertiary/aromatic N) is 1. The number of phenols is 1. The van der Waals surface area contributed by atoms with Gasteiger partial charge >= 0.3 is 0 Å². The predicted molar refractivity (Wildman–Crippen MR) is 74.0 cm³/mol. The van der Waals surface area contributed by atoms with Crippen molar-refractivity contribution in [3.63, 3.8) is 0 Å². The summed E-state index contributed by atoms with van der Waals surface area (Å²) in [6, 6.07) is 7.42. The molecule has 0 aromatic heterocycles. The highest BCUT2D eigenvalue weighted by molar-refractivity contribution is 5.61. The Morgan fingerprint density at radius 1 is 1.06 bits per heavy atom. The van der Waals surface area contributed by atoms with Crippen LogP contribution in [0.4, 0.5) is 5.69 Å². The Labute approximate surface area is 109 Å². The Balaban J connectivity index is 2.49. The standard InChI is InChI=1S/C15H23NO2/c1-14(2)9-11(17)10-15(3,4)16(14)12-7-5-6-8-13(12)18/h5-8,11,17-18H,9-10H2,1-4H3. The van der Waals surface area contributed by atoms with Crippen molar-refractivity contribution in [1.82, 2.24) is 0 Å². The molecule has 1 saturated heterocycles. The van der Waals surface area contributed by atoms with Gasteiger partial charge in [-0.3, -0.25) is 0 Å². The number of hydrogen-bond donors (Lipinski definition) is 2. The lowest BCUT2D eigenvalue weighted by Crippen LogP contribution is -2.62. The smallest absolute Gasteiger partial charge is 0.138 e. The summed E-state index contributed by atoms with van der Waals surface area (Å²) in [5, 5.41) is 20.1. The Hall–Kier alpha value is -1.22. The molecule has 1 fully saturated rings. The van der Waals surface area contributed by atoms with E-state index in [9.17, 15) is 10.2 Å². The van der Waals surface area contributed by atoms with E-state index in [2.05, 4.69) is 32.6 Å². The fraction of sp³-hybridized carbons (Fsp3) is 0.600. The number of aliphatic hydroxyl groups excluding tert-OH is 1. The molecule has 3 heteroatoms. The average Bonchev–Trinajstić information content (AvgIpc) is 2.16. The molecule has 0 radical (unpaired) electrons. The van der Waals surface area contributed by atoms with Gasteiger partial charge in [0, 0.05) is 11.1 Å². The molecule has 2 rings (SSSR count). The van der Waals surface area contributed by atoms with E-state index in [1.165, 1.54) is 0 Å². The number of aliphatic hydroxyl groups is 1. The molecular weight excluding hydrogens is 226 g/mol. The zero-order valence-electron chi connectivity index (χ0n) is 11.6. The van der Waals surface area contributed by atoms with Crippen LogP contribution in [0.5, 0.6) is 5.75 Å². The highest BCUT2D eigenvalue weighted by Gasteiger charge is 2.45. The van der Waals surface area contributed by atoms with Gasteiger partial charge in [0.15, 0.2) is 0 Å². The number of aromatic hydroxyl groups is 1. The number of hydrogen-bond acceptors (Lipinski definition) is 3. The van der Waals surface area contributed by atoms with Crippen molar-refractivity contribution in [3.05, 3.63) is 24.3 Å². The monoisotopic (exact) mass is 249 g/mol. The average molecular weight is 249 g/mol. The van der Waals surface area contributed by atoms with Gasteiger partial charge in [-0.1, -0.05) is 12.1 Å². The van der Waals surface area contributed by atoms with Gasteiger partial charge in [-0.25, -0.2) is 0 Å². The first kappa shape index (κ1) is 13.2. The largest absolute Gasteiger partial charge is 0.506 e. The lowest BCUT2D eigenvalue weighted by molar-refractivity contribution is 0.0645. The minimum absolute atomic E-state index is 0.181. The number of anilines is 1. The van der Waals surface area contributed by atoms with Gasteiger partial charge in [0.2, 0.25) is 0 Å². The zero-order chi connectivity index (χ0) is 13.6. The van der Waals surface area contributed by atoms with Gasteiger partial charge in [0.25, 0.3) is 0 Å². The molecule has 0 bridgehead atoms. The van der Waals surface area contributed by atoms with Crippen molar-refractivity contribution < 1.29 is 10.2 Å². The molecule has 0 spiro atoms. The van der Waals surface area contributed by atoms with Gasteiger partial charge in [-0.05, 0) is 52.7 Å². The van der Waals surface area contributed by atoms with E-state index < -0.39 is 0 Å². The number of phenolic OH excluding ortho intramolecular Hbond substituents is 1. The van der Waals surface area contributed by atoms with Crippen LogP contribution in [0.2, 0.25) is 0 Å². The molecule has 1 aliphatic heterocycles. The molecule has 0 unspecified atom stereocenters. The van der Waals surface area contributed by atoms with Gasteiger partial charge in [-0.2, -0.15) is 0 Å². The first-order chi connectivity index (χ1) is 8.24. The van der Waals surface area contributed by atoms with E-state index in [0.717, 1.165) is 5.69 Å². The van der Waals surface area contributed by atoms with E-state index in [1.54, 1.807) is 6.07 Å². The summed E-state index contributed by atoms with van der Waals surface area (Å²) in [5.41, 5.74) is 0.486. The van der Waals surface area contributed by atoms with E-state index in [0.29, 0.717) is 18.6 Å². The second-order valence-corrected chi connectivity index (χ2v) is 6.51. The molecule has 2 N–H and O–H groups in total. The zero-order valence-corrected chi connectivity index (χ0v) is 11.6. The second-order valence-electron chi connectivity index (χ2n) is 6.51. The lowest BCUT2D eigenvalue weighted by Gasteiger charge is -2.55. The first-order valence-electron chi connectivity index (χ1n) is 6.50. The van der Waals surface area contributed by atoms with Crippen LogP contribution in [0.3, 0.4) is 0 Å². The van der Waals surface area contributed by atoms with Crippen molar-refractivity contribution in [2.45, 2.75) is 57.7 Å². The van der Waals surface area contributed by atoms with Crippen LogP contribution < -0.4 is 4.90 Å². The number of rotatable bonds is 1. The van der Waals surface area contributed by atoms with Gasteiger partial charge in [0.1, 0.15) is 5.75 Å². The van der Waals surface area contributed by atoms with Gasteiger partial charge in [0.05, 0.1) is 11.8 Å². The number of piperidine rings is 1. The minimum Gasteiger partial charge on any atom is -0.506 e. The molecular formula is C15H23NO2.